The fraction of sp³-hybridized carbons (Fsp3) is 0.286. The van der Waals surface area contributed by atoms with Crippen LogP contribution < -0.4 is 4.74 Å². The van der Waals surface area contributed by atoms with Crippen molar-refractivity contribution in [2.24, 2.45) is 0 Å². The van der Waals surface area contributed by atoms with Crippen molar-refractivity contribution in [3.05, 3.63) is 35.9 Å². The number of carbonyl (C=O) groups is 1. The molecule has 0 aliphatic carbocycles. The summed E-state index contributed by atoms with van der Waals surface area (Å²) in [4.78, 5) is 10.5. The standard InChI is InChI=1S/C14H15NO3/c15-10-4-1-5-11-18-13-7-3-2-6-12(13)8-9-14(16)17/h2-3,6-9H,1,4-5,11H2,(H,16,17)/b9-8+. The number of hydrogen-bond donors (Lipinski definition) is 1. The van der Waals surface area contributed by atoms with Crippen LogP contribution in [0.5, 0.6) is 5.75 Å². The number of ether oxygens (including phenoxy) is 1. The van der Waals surface area contributed by atoms with Gasteiger partial charge in [-0.25, -0.2) is 4.79 Å². The minimum atomic E-state index is -0.987. The van der Waals surface area contributed by atoms with Gasteiger partial charge >= 0.3 is 5.97 Å². The van der Waals surface area contributed by atoms with E-state index in [0.29, 0.717) is 18.8 Å². The maximum Gasteiger partial charge on any atom is 0.328 e. The molecule has 1 N–H and O–H groups in total. The lowest BCUT2D eigenvalue weighted by Crippen LogP contribution is -1.98. The molecule has 1 aromatic rings. The van der Waals surface area contributed by atoms with Crippen LogP contribution in [0.15, 0.2) is 30.3 Å². The molecule has 94 valence electrons. The van der Waals surface area contributed by atoms with Crippen LogP contribution >= 0.6 is 0 Å². The van der Waals surface area contributed by atoms with E-state index in [1.54, 1.807) is 12.1 Å². The zero-order valence-electron chi connectivity index (χ0n) is 10.0. The Kier molecular flexibility index (Phi) is 6.05. The summed E-state index contributed by atoms with van der Waals surface area (Å²) in [5, 5.41) is 17.0. The highest BCUT2D eigenvalue weighted by molar-refractivity contribution is 5.85. The van der Waals surface area contributed by atoms with Crippen LogP contribution in [0.25, 0.3) is 6.08 Å². The highest BCUT2D eigenvalue weighted by Gasteiger charge is 2.00. The number of nitrogens with zero attached hydrogens (tertiary/aromatic N) is 1. The number of carboxylic acids is 1. The Bertz CT molecular complexity index is 460. The number of para-hydroxylation sites is 1. The summed E-state index contributed by atoms with van der Waals surface area (Å²) in [5.74, 6) is -0.328. The van der Waals surface area contributed by atoms with Crippen molar-refractivity contribution >= 4 is 12.0 Å². The fourth-order valence-corrected chi connectivity index (χ4v) is 1.40. The monoisotopic (exact) mass is 245 g/mol. The largest absolute Gasteiger partial charge is 0.493 e. The second-order valence-electron chi connectivity index (χ2n) is 3.67. The number of aliphatic carboxylic acids is 1. The van der Waals surface area contributed by atoms with E-state index in [1.807, 2.05) is 12.1 Å². The number of nitriles is 1. The number of carboxylic acid groups (broad SMARTS) is 1. The van der Waals surface area contributed by atoms with Crippen molar-refractivity contribution in [1.82, 2.24) is 0 Å². The van der Waals surface area contributed by atoms with Crippen LogP contribution in [0.3, 0.4) is 0 Å². The first-order valence-electron chi connectivity index (χ1n) is 5.74. The van der Waals surface area contributed by atoms with Crippen LogP contribution in [-0.2, 0) is 4.79 Å². The fourth-order valence-electron chi connectivity index (χ4n) is 1.40. The maximum atomic E-state index is 10.5. The molecule has 0 heterocycles. The molecule has 0 unspecified atom stereocenters. The number of unbranched alkanes of at least 4 members (excludes halogenated alkanes) is 2. The predicted molar refractivity (Wildman–Crippen MR) is 68.1 cm³/mol. The van der Waals surface area contributed by atoms with Crippen LogP contribution in [0.1, 0.15) is 24.8 Å². The van der Waals surface area contributed by atoms with Gasteiger partial charge in [0.05, 0.1) is 12.7 Å². The van der Waals surface area contributed by atoms with E-state index >= 15 is 0 Å². The summed E-state index contributed by atoms with van der Waals surface area (Å²) < 4.78 is 5.56. The van der Waals surface area contributed by atoms with Crippen molar-refractivity contribution in [2.45, 2.75) is 19.3 Å². The predicted octanol–water partition coefficient (Wildman–Crippen LogP) is 2.86. The lowest BCUT2D eigenvalue weighted by molar-refractivity contribution is -0.131. The zero-order chi connectivity index (χ0) is 13.2. The molecular formula is C14H15NO3. The minimum absolute atomic E-state index is 0.527. The number of hydrogen-bond acceptors (Lipinski definition) is 3. The summed E-state index contributed by atoms with van der Waals surface area (Å²) >= 11 is 0. The summed E-state index contributed by atoms with van der Waals surface area (Å²) in [6, 6.07) is 9.33. The van der Waals surface area contributed by atoms with E-state index in [9.17, 15) is 4.79 Å². The molecule has 0 aromatic heterocycles. The van der Waals surface area contributed by atoms with Gasteiger partial charge in [-0.3, -0.25) is 0 Å². The molecule has 0 saturated carbocycles. The molecular weight excluding hydrogens is 230 g/mol. The molecule has 0 aliphatic rings. The maximum absolute atomic E-state index is 10.5. The van der Waals surface area contributed by atoms with Gasteiger partial charge in [-0.1, -0.05) is 18.2 Å². The molecule has 0 fully saturated rings. The van der Waals surface area contributed by atoms with Gasteiger partial charge in [-0.05, 0) is 25.0 Å². The van der Waals surface area contributed by atoms with Gasteiger partial charge in [0.15, 0.2) is 0 Å². The number of benzene rings is 1. The molecule has 0 spiro atoms. The first-order valence-corrected chi connectivity index (χ1v) is 5.74. The third-order valence-corrected chi connectivity index (χ3v) is 2.26. The first-order chi connectivity index (χ1) is 8.74. The van der Waals surface area contributed by atoms with Crippen molar-refractivity contribution in [2.75, 3.05) is 6.61 Å². The zero-order valence-corrected chi connectivity index (χ0v) is 10.0. The molecule has 0 aliphatic heterocycles. The Hall–Kier alpha value is -2.28. The van der Waals surface area contributed by atoms with Gasteiger partial charge in [0.25, 0.3) is 0 Å². The molecule has 0 bridgehead atoms. The second-order valence-corrected chi connectivity index (χ2v) is 3.67. The summed E-state index contributed by atoms with van der Waals surface area (Å²) in [6.07, 6.45) is 4.74. The minimum Gasteiger partial charge on any atom is -0.493 e. The quantitative estimate of drug-likeness (QED) is 0.592. The van der Waals surface area contributed by atoms with Crippen molar-refractivity contribution in [3.63, 3.8) is 0 Å². The van der Waals surface area contributed by atoms with Gasteiger partial charge in [-0.2, -0.15) is 5.26 Å². The second kappa shape index (κ2) is 7.91. The first kappa shape index (κ1) is 13.8. The lowest BCUT2D eigenvalue weighted by Gasteiger charge is -2.08. The Morgan fingerprint density at radius 3 is 2.89 bits per heavy atom. The summed E-state index contributed by atoms with van der Waals surface area (Å²) in [5.41, 5.74) is 0.736. The Morgan fingerprint density at radius 2 is 2.17 bits per heavy atom. The molecule has 0 atom stereocenters. The summed E-state index contributed by atoms with van der Waals surface area (Å²) in [6.45, 7) is 0.527. The van der Waals surface area contributed by atoms with E-state index in [1.165, 1.54) is 6.08 Å². The van der Waals surface area contributed by atoms with Gasteiger partial charge in [0, 0.05) is 18.1 Å². The van der Waals surface area contributed by atoms with Crippen LogP contribution in [0.2, 0.25) is 0 Å². The highest BCUT2D eigenvalue weighted by Crippen LogP contribution is 2.19. The number of rotatable bonds is 7. The van der Waals surface area contributed by atoms with E-state index < -0.39 is 5.97 Å². The topological polar surface area (TPSA) is 70.3 Å². The van der Waals surface area contributed by atoms with Crippen LogP contribution in [0, 0.1) is 11.3 Å². The molecule has 1 aromatic carbocycles. The van der Waals surface area contributed by atoms with Crippen molar-refractivity contribution < 1.29 is 14.6 Å². The van der Waals surface area contributed by atoms with Gasteiger partial charge < -0.3 is 9.84 Å². The normalized spacial score (nSPS) is 10.2. The van der Waals surface area contributed by atoms with Gasteiger partial charge in [0.1, 0.15) is 5.75 Å². The molecule has 0 radical (unpaired) electrons. The molecule has 0 saturated heterocycles. The Labute approximate surface area is 106 Å². The van der Waals surface area contributed by atoms with Crippen molar-refractivity contribution in [1.29, 1.82) is 5.26 Å². The molecule has 4 nitrogen and oxygen atoms in total. The molecule has 0 amide bonds. The molecule has 18 heavy (non-hydrogen) atoms. The third-order valence-electron chi connectivity index (χ3n) is 2.26. The van der Waals surface area contributed by atoms with Gasteiger partial charge in [-0.15, -0.1) is 0 Å². The average Bonchev–Trinajstić information content (AvgIpc) is 2.37. The van der Waals surface area contributed by atoms with Crippen molar-refractivity contribution in [3.8, 4) is 11.8 Å². The van der Waals surface area contributed by atoms with Crippen LogP contribution in [0.4, 0.5) is 0 Å². The molecule has 4 heteroatoms. The molecule has 1 rings (SSSR count). The SMILES string of the molecule is N#CCCCCOc1ccccc1/C=C/C(=O)O. The van der Waals surface area contributed by atoms with E-state index in [4.69, 9.17) is 15.1 Å². The van der Waals surface area contributed by atoms with E-state index in [0.717, 1.165) is 24.5 Å². The lowest BCUT2D eigenvalue weighted by atomic mass is 10.2. The van der Waals surface area contributed by atoms with E-state index in [2.05, 4.69) is 6.07 Å². The average molecular weight is 245 g/mol. The smallest absolute Gasteiger partial charge is 0.328 e. The Balaban J connectivity index is 2.54. The highest BCUT2D eigenvalue weighted by atomic mass is 16.5. The third kappa shape index (κ3) is 5.17. The van der Waals surface area contributed by atoms with E-state index in [-0.39, 0.29) is 0 Å². The summed E-state index contributed by atoms with van der Waals surface area (Å²) in [7, 11) is 0. The van der Waals surface area contributed by atoms with Gasteiger partial charge in [0.2, 0.25) is 0 Å². The van der Waals surface area contributed by atoms with Crippen LogP contribution in [-0.4, -0.2) is 17.7 Å². The Morgan fingerprint density at radius 1 is 1.39 bits per heavy atom.